The van der Waals surface area contributed by atoms with Crippen LogP contribution < -0.4 is 15.4 Å². The zero-order valence-corrected chi connectivity index (χ0v) is 14.0. The average molecular weight is 368 g/mol. The van der Waals surface area contributed by atoms with E-state index >= 15 is 0 Å². The number of nitrogens with zero attached hydrogens (tertiary/aromatic N) is 1. The number of pyridine rings is 1. The Morgan fingerprint density at radius 2 is 2.25 bits per heavy atom. The molecule has 136 valence electrons. The summed E-state index contributed by atoms with van der Waals surface area (Å²) in [6, 6.07) is 2.41. The Kier molecular flexibility index (Phi) is 7.75. The van der Waals surface area contributed by atoms with Gasteiger partial charge in [-0.3, -0.25) is 4.79 Å². The summed E-state index contributed by atoms with van der Waals surface area (Å²) in [5.74, 6) is -0.615. The van der Waals surface area contributed by atoms with Gasteiger partial charge in [-0.15, -0.1) is 12.4 Å². The number of halogens is 4. The molecule has 2 rings (SSSR count). The van der Waals surface area contributed by atoms with Gasteiger partial charge in [0.05, 0.1) is 6.54 Å². The van der Waals surface area contributed by atoms with E-state index in [2.05, 4.69) is 15.6 Å². The van der Waals surface area contributed by atoms with Crippen LogP contribution in [0.4, 0.5) is 13.2 Å². The van der Waals surface area contributed by atoms with E-state index in [1.807, 2.05) is 6.92 Å². The highest BCUT2D eigenvalue weighted by Gasteiger charge is 2.35. The fraction of sp³-hybridized carbons (Fsp3) is 0.600. The van der Waals surface area contributed by atoms with Gasteiger partial charge in [-0.05, 0) is 38.4 Å². The summed E-state index contributed by atoms with van der Waals surface area (Å²) in [7, 11) is 0. The third-order valence-corrected chi connectivity index (χ3v) is 3.71. The van der Waals surface area contributed by atoms with Crippen molar-refractivity contribution in [2.75, 3.05) is 19.7 Å². The first-order chi connectivity index (χ1) is 10.9. The molecule has 0 radical (unpaired) electrons. The SMILES string of the molecule is C[C@H]1C[C@@H](C(=O)NCCOc2ncccc2C(F)(F)F)CCN1.Cl. The third kappa shape index (κ3) is 5.83. The topological polar surface area (TPSA) is 63.2 Å². The monoisotopic (exact) mass is 367 g/mol. The second-order valence-electron chi connectivity index (χ2n) is 5.57. The van der Waals surface area contributed by atoms with Crippen LogP contribution in [0.2, 0.25) is 0 Å². The standard InChI is InChI=1S/C15H20F3N3O2.ClH/c1-10-9-11(4-6-19-10)13(22)20-7-8-23-14-12(15(16,17)18)3-2-5-21-14;/h2-3,5,10-11,19H,4,6-9H2,1H3,(H,20,22);1H/t10-,11-;/m0./s1. The number of carbonyl (C=O) groups is 1. The molecule has 2 heterocycles. The van der Waals surface area contributed by atoms with Gasteiger partial charge >= 0.3 is 6.18 Å². The largest absolute Gasteiger partial charge is 0.475 e. The van der Waals surface area contributed by atoms with Crippen LogP contribution in [0.3, 0.4) is 0 Å². The van der Waals surface area contributed by atoms with Crippen LogP contribution in [0, 0.1) is 5.92 Å². The van der Waals surface area contributed by atoms with Crippen molar-refractivity contribution < 1.29 is 22.7 Å². The van der Waals surface area contributed by atoms with Gasteiger partial charge in [0.15, 0.2) is 0 Å². The Morgan fingerprint density at radius 3 is 2.92 bits per heavy atom. The summed E-state index contributed by atoms with van der Waals surface area (Å²) >= 11 is 0. The van der Waals surface area contributed by atoms with Crippen molar-refractivity contribution in [2.45, 2.75) is 32.0 Å². The maximum absolute atomic E-state index is 12.8. The van der Waals surface area contributed by atoms with Crippen LogP contribution in [-0.4, -0.2) is 36.6 Å². The minimum Gasteiger partial charge on any atom is -0.475 e. The Balaban J connectivity index is 0.00000288. The lowest BCUT2D eigenvalue weighted by Gasteiger charge is -2.27. The van der Waals surface area contributed by atoms with Gasteiger partial charge in [-0.25, -0.2) is 4.98 Å². The number of piperidine rings is 1. The second-order valence-corrected chi connectivity index (χ2v) is 5.57. The van der Waals surface area contributed by atoms with Crippen LogP contribution in [0.5, 0.6) is 5.88 Å². The number of nitrogens with one attached hydrogen (secondary N) is 2. The van der Waals surface area contributed by atoms with Crippen molar-refractivity contribution in [3.63, 3.8) is 0 Å². The Morgan fingerprint density at radius 1 is 1.50 bits per heavy atom. The molecule has 0 bridgehead atoms. The molecule has 0 saturated carbocycles. The maximum atomic E-state index is 12.8. The number of hydrogen-bond donors (Lipinski definition) is 2. The average Bonchev–Trinajstić information content (AvgIpc) is 2.51. The third-order valence-electron chi connectivity index (χ3n) is 3.71. The molecule has 1 aliphatic heterocycles. The molecule has 0 aromatic carbocycles. The van der Waals surface area contributed by atoms with Crippen LogP contribution in [0.15, 0.2) is 18.3 Å². The van der Waals surface area contributed by atoms with Crippen molar-refractivity contribution in [3.8, 4) is 5.88 Å². The first-order valence-corrected chi connectivity index (χ1v) is 7.54. The van der Waals surface area contributed by atoms with Crippen molar-refractivity contribution in [3.05, 3.63) is 23.9 Å². The molecule has 5 nitrogen and oxygen atoms in total. The minimum absolute atomic E-state index is 0. The molecule has 2 atom stereocenters. The Labute approximate surface area is 144 Å². The highest BCUT2D eigenvalue weighted by molar-refractivity contribution is 5.85. The van der Waals surface area contributed by atoms with E-state index in [-0.39, 0.29) is 37.4 Å². The molecule has 2 N–H and O–H groups in total. The molecule has 1 aliphatic rings. The van der Waals surface area contributed by atoms with Crippen LogP contribution >= 0.6 is 12.4 Å². The van der Waals surface area contributed by atoms with Crippen LogP contribution in [-0.2, 0) is 11.0 Å². The smallest absolute Gasteiger partial charge is 0.421 e. The summed E-state index contributed by atoms with van der Waals surface area (Å²) in [6.07, 6.45) is -1.77. The summed E-state index contributed by atoms with van der Waals surface area (Å²) < 4.78 is 43.4. The lowest BCUT2D eigenvalue weighted by atomic mass is 9.92. The van der Waals surface area contributed by atoms with Gasteiger partial charge in [0.1, 0.15) is 12.2 Å². The number of ether oxygens (including phenoxy) is 1. The van der Waals surface area contributed by atoms with Crippen LogP contribution in [0.25, 0.3) is 0 Å². The van der Waals surface area contributed by atoms with E-state index in [4.69, 9.17) is 4.74 Å². The molecule has 1 aromatic rings. The quantitative estimate of drug-likeness (QED) is 0.784. The first-order valence-electron chi connectivity index (χ1n) is 7.54. The van der Waals surface area contributed by atoms with E-state index < -0.39 is 17.6 Å². The highest BCUT2D eigenvalue weighted by atomic mass is 35.5. The van der Waals surface area contributed by atoms with Gasteiger partial charge in [-0.1, -0.05) is 0 Å². The molecule has 1 amide bonds. The fourth-order valence-electron chi connectivity index (χ4n) is 2.56. The molecule has 0 spiro atoms. The lowest BCUT2D eigenvalue weighted by Crippen LogP contribution is -2.43. The molecular weight excluding hydrogens is 347 g/mol. The number of aromatic nitrogens is 1. The number of amides is 1. The van der Waals surface area contributed by atoms with Crippen molar-refractivity contribution in [2.24, 2.45) is 5.92 Å². The fourth-order valence-corrected chi connectivity index (χ4v) is 2.56. The van der Waals surface area contributed by atoms with E-state index in [0.29, 0.717) is 6.04 Å². The first kappa shape index (κ1) is 20.5. The normalized spacial score (nSPS) is 20.8. The predicted octanol–water partition coefficient (Wildman–Crippen LogP) is 2.41. The molecular formula is C15H21ClF3N3O2. The van der Waals surface area contributed by atoms with Crippen molar-refractivity contribution in [1.29, 1.82) is 0 Å². The van der Waals surface area contributed by atoms with E-state index in [0.717, 1.165) is 25.5 Å². The number of carbonyl (C=O) groups excluding carboxylic acids is 1. The zero-order valence-electron chi connectivity index (χ0n) is 13.2. The highest BCUT2D eigenvalue weighted by Crippen LogP contribution is 2.34. The van der Waals surface area contributed by atoms with Gasteiger partial charge in [0, 0.05) is 18.2 Å². The minimum atomic E-state index is -4.52. The summed E-state index contributed by atoms with van der Waals surface area (Å²) in [4.78, 5) is 15.6. The number of rotatable bonds is 5. The second kappa shape index (κ2) is 9.08. The number of alkyl halides is 3. The molecule has 0 unspecified atom stereocenters. The van der Waals surface area contributed by atoms with Crippen molar-refractivity contribution in [1.82, 2.24) is 15.6 Å². The predicted molar refractivity (Wildman–Crippen MR) is 85.2 cm³/mol. The molecule has 1 fully saturated rings. The van der Waals surface area contributed by atoms with E-state index in [1.165, 1.54) is 12.3 Å². The lowest BCUT2D eigenvalue weighted by molar-refractivity contribution is -0.139. The molecule has 0 aliphatic carbocycles. The molecule has 9 heteroatoms. The Hall–Kier alpha value is -1.54. The van der Waals surface area contributed by atoms with Gasteiger partial charge in [-0.2, -0.15) is 13.2 Å². The van der Waals surface area contributed by atoms with Crippen molar-refractivity contribution >= 4 is 18.3 Å². The van der Waals surface area contributed by atoms with Gasteiger partial charge in [0.25, 0.3) is 0 Å². The van der Waals surface area contributed by atoms with E-state index in [1.54, 1.807) is 0 Å². The Bertz CT molecular complexity index is 543. The zero-order chi connectivity index (χ0) is 16.9. The summed E-state index contributed by atoms with van der Waals surface area (Å²) in [6.45, 7) is 2.89. The van der Waals surface area contributed by atoms with Crippen LogP contribution in [0.1, 0.15) is 25.3 Å². The summed E-state index contributed by atoms with van der Waals surface area (Å²) in [5.41, 5.74) is -0.918. The number of hydrogen-bond acceptors (Lipinski definition) is 4. The molecule has 24 heavy (non-hydrogen) atoms. The van der Waals surface area contributed by atoms with Gasteiger partial charge in [0.2, 0.25) is 11.8 Å². The van der Waals surface area contributed by atoms with Gasteiger partial charge < -0.3 is 15.4 Å². The maximum Gasteiger partial charge on any atom is 0.421 e. The molecule has 1 aromatic heterocycles. The molecule has 1 saturated heterocycles. The van der Waals surface area contributed by atoms with E-state index in [9.17, 15) is 18.0 Å². The summed E-state index contributed by atoms with van der Waals surface area (Å²) in [5, 5.41) is 5.96.